The Morgan fingerprint density at radius 2 is 1.95 bits per heavy atom. The van der Waals surface area contributed by atoms with E-state index >= 15 is 0 Å². The van der Waals surface area contributed by atoms with E-state index in [1.54, 1.807) is 0 Å². The van der Waals surface area contributed by atoms with Gasteiger partial charge in [0.05, 0.1) is 19.8 Å². The Labute approximate surface area is 134 Å². The number of hydrogen-bond donors (Lipinski definition) is 1. The molecule has 3 nitrogen and oxygen atoms in total. The van der Waals surface area contributed by atoms with Gasteiger partial charge in [0.25, 0.3) is 0 Å². The third kappa shape index (κ3) is 5.30. The van der Waals surface area contributed by atoms with Gasteiger partial charge >= 0.3 is 0 Å². The Balaban J connectivity index is 1.81. The molecule has 1 heterocycles. The van der Waals surface area contributed by atoms with Crippen LogP contribution in [0, 0.1) is 6.92 Å². The monoisotopic (exact) mass is 351 g/mol. The summed E-state index contributed by atoms with van der Waals surface area (Å²) >= 11 is 3.43. The van der Waals surface area contributed by atoms with Gasteiger partial charge in [-0.05, 0) is 43.7 Å². The molecule has 0 bridgehead atoms. The molecule has 114 valence electrons. The average Bonchev–Trinajstić information content (AvgIpc) is 2.82. The van der Waals surface area contributed by atoms with E-state index in [4.69, 9.17) is 9.15 Å². The van der Waals surface area contributed by atoms with Crippen LogP contribution in [0.3, 0.4) is 0 Å². The third-order valence-electron chi connectivity index (χ3n) is 3.24. The van der Waals surface area contributed by atoms with Gasteiger partial charge in [0.2, 0.25) is 0 Å². The largest absolute Gasteiger partial charge is 0.465 e. The number of halogens is 1. The zero-order valence-corrected chi connectivity index (χ0v) is 14.2. The summed E-state index contributed by atoms with van der Waals surface area (Å²) < 4.78 is 12.6. The second-order valence-corrected chi connectivity index (χ2v) is 6.01. The van der Waals surface area contributed by atoms with Crippen molar-refractivity contribution < 1.29 is 9.15 Å². The van der Waals surface area contributed by atoms with E-state index in [2.05, 4.69) is 46.4 Å². The maximum absolute atomic E-state index is 5.77. The average molecular weight is 352 g/mol. The summed E-state index contributed by atoms with van der Waals surface area (Å²) in [6.45, 7) is 7.13. The van der Waals surface area contributed by atoms with Crippen molar-refractivity contribution >= 4 is 15.9 Å². The maximum Gasteiger partial charge on any atom is 0.118 e. The van der Waals surface area contributed by atoms with Crippen LogP contribution in [0.15, 0.2) is 39.2 Å². The number of nitrogens with one attached hydrogen (secondary N) is 1. The Morgan fingerprint density at radius 1 is 1.19 bits per heavy atom. The quantitative estimate of drug-likeness (QED) is 0.707. The van der Waals surface area contributed by atoms with Crippen LogP contribution in [0.25, 0.3) is 0 Å². The number of furan rings is 1. The lowest BCUT2D eigenvalue weighted by molar-refractivity contribution is 0.106. The first-order valence-electron chi connectivity index (χ1n) is 7.30. The number of hydrogen-bond acceptors (Lipinski definition) is 3. The molecule has 0 aliphatic heterocycles. The third-order valence-corrected chi connectivity index (χ3v) is 3.77. The predicted octanol–water partition coefficient (Wildman–Crippen LogP) is 4.57. The van der Waals surface area contributed by atoms with Crippen molar-refractivity contribution in [3.63, 3.8) is 0 Å². The van der Waals surface area contributed by atoms with Gasteiger partial charge in [-0.1, -0.05) is 35.0 Å². The molecular formula is C17H22BrNO2. The van der Waals surface area contributed by atoms with Gasteiger partial charge in [-0.3, -0.25) is 0 Å². The van der Waals surface area contributed by atoms with E-state index in [0.717, 1.165) is 41.1 Å². The molecule has 2 aromatic rings. The molecule has 0 radical (unpaired) electrons. The SMILES string of the molecule is CCCNCc1cc(COCc2ccc(Br)cc2)c(C)o1. The number of benzene rings is 1. The lowest BCUT2D eigenvalue weighted by Crippen LogP contribution is -2.13. The molecule has 0 atom stereocenters. The minimum absolute atomic E-state index is 0.583. The lowest BCUT2D eigenvalue weighted by Gasteiger charge is -2.03. The van der Waals surface area contributed by atoms with E-state index in [9.17, 15) is 0 Å². The molecule has 2 rings (SSSR count). The van der Waals surface area contributed by atoms with Crippen molar-refractivity contribution in [1.29, 1.82) is 0 Å². The summed E-state index contributed by atoms with van der Waals surface area (Å²) in [6, 6.07) is 10.3. The van der Waals surface area contributed by atoms with Crippen molar-refractivity contribution in [2.45, 2.75) is 40.0 Å². The van der Waals surface area contributed by atoms with E-state index in [-0.39, 0.29) is 0 Å². The fraction of sp³-hybridized carbons (Fsp3) is 0.412. The number of aryl methyl sites for hydroxylation is 1. The summed E-state index contributed by atoms with van der Waals surface area (Å²) in [5.74, 6) is 1.92. The molecule has 1 aromatic carbocycles. The van der Waals surface area contributed by atoms with Crippen LogP contribution in [0.5, 0.6) is 0 Å². The molecule has 0 fully saturated rings. The Bertz CT molecular complexity index is 548. The van der Waals surface area contributed by atoms with E-state index in [1.165, 1.54) is 5.56 Å². The van der Waals surface area contributed by atoms with Crippen LogP contribution in [0.4, 0.5) is 0 Å². The van der Waals surface area contributed by atoms with E-state index in [0.29, 0.717) is 13.2 Å². The number of rotatable bonds is 8. The Morgan fingerprint density at radius 3 is 2.67 bits per heavy atom. The highest BCUT2D eigenvalue weighted by molar-refractivity contribution is 9.10. The Kier molecular flexibility index (Phi) is 6.49. The van der Waals surface area contributed by atoms with Crippen molar-refractivity contribution in [3.05, 3.63) is 57.5 Å². The van der Waals surface area contributed by atoms with Crippen LogP contribution in [-0.4, -0.2) is 6.54 Å². The minimum Gasteiger partial charge on any atom is -0.465 e. The molecule has 1 aromatic heterocycles. The van der Waals surface area contributed by atoms with Crippen molar-refractivity contribution in [3.8, 4) is 0 Å². The van der Waals surface area contributed by atoms with E-state index in [1.807, 2.05) is 19.1 Å². The van der Waals surface area contributed by atoms with Gasteiger partial charge in [0, 0.05) is 10.0 Å². The van der Waals surface area contributed by atoms with Crippen LogP contribution >= 0.6 is 15.9 Å². The summed E-state index contributed by atoms with van der Waals surface area (Å²) in [6.07, 6.45) is 1.13. The zero-order valence-electron chi connectivity index (χ0n) is 12.6. The van der Waals surface area contributed by atoms with Crippen LogP contribution in [0.2, 0.25) is 0 Å². The standard InChI is InChI=1S/C17H22BrNO2/c1-3-8-19-10-17-9-15(13(2)21-17)12-20-11-14-4-6-16(18)7-5-14/h4-7,9,19H,3,8,10-12H2,1-2H3. The summed E-state index contributed by atoms with van der Waals surface area (Å²) in [7, 11) is 0. The van der Waals surface area contributed by atoms with Gasteiger partial charge < -0.3 is 14.5 Å². The molecule has 0 unspecified atom stereocenters. The summed E-state index contributed by atoms with van der Waals surface area (Å²) in [4.78, 5) is 0. The molecule has 0 aliphatic carbocycles. The molecule has 0 aliphatic rings. The molecule has 21 heavy (non-hydrogen) atoms. The highest BCUT2D eigenvalue weighted by Crippen LogP contribution is 2.17. The van der Waals surface area contributed by atoms with Crippen molar-refractivity contribution in [1.82, 2.24) is 5.32 Å². The van der Waals surface area contributed by atoms with Gasteiger partial charge in [-0.15, -0.1) is 0 Å². The highest BCUT2D eigenvalue weighted by atomic mass is 79.9. The molecule has 0 saturated carbocycles. The molecule has 4 heteroatoms. The fourth-order valence-electron chi connectivity index (χ4n) is 2.07. The molecule has 1 N–H and O–H groups in total. The van der Waals surface area contributed by atoms with Crippen molar-refractivity contribution in [2.24, 2.45) is 0 Å². The van der Waals surface area contributed by atoms with Crippen molar-refractivity contribution in [2.75, 3.05) is 6.54 Å². The zero-order chi connectivity index (χ0) is 15.1. The number of ether oxygens (including phenoxy) is 1. The summed E-state index contributed by atoms with van der Waals surface area (Å²) in [5, 5.41) is 3.34. The minimum atomic E-state index is 0.583. The van der Waals surface area contributed by atoms with Gasteiger partial charge in [0.15, 0.2) is 0 Å². The molecule has 0 amide bonds. The lowest BCUT2D eigenvalue weighted by atomic mass is 10.2. The van der Waals surface area contributed by atoms with Gasteiger partial charge in [-0.25, -0.2) is 0 Å². The first-order chi connectivity index (χ1) is 10.2. The maximum atomic E-state index is 5.77. The normalized spacial score (nSPS) is 11.0. The second-order valence-electron chi connectivity index (χ2n) is 5.09. The van der Waals surface area contributed by atoms with Crippen LogP contribution < -0.4 is 5.32 Å². The topological polar surface area (TPSA) is 34.4 Å². The van der Waals surface area contributed by atoms with E-state index < -0.39 is 0 Å². The highest BCUT2D eigenvalue weighted by Gasteiger charge is 2.07. The first kappa shape index (κ1) is 16.3. The van der Waals surface area contributed by atoms with Crippen LogP contribution in [0.1, 0.15) is 36.0 Å². The van der Waals surface area contributed by atoms with Gasteiger partial charge in [0.1, 0.15) is 11.5 Å². The first-order valence-corrected chi connectivity index (χ1v) is 8.09. The Hall–Kier alpha value is -1.10. The predicted molar refractivity (Wildman–Crippen MR) is 88.1 cm³/mol. The smallest absolute Gasteiger partial charge is 0.118 e. The fourth-order valence-corrected chi connectivity index (χ4v) is 2.33. The summed E-state index contributed by atoms with van der Waals surface area (Å²) in [5.41, 5.74) is 2.30. The molecule has 0 spiro atoms. The molecular weight excluding hydrogens is 330 g/mol. The molecule has 0 saturated heterocycles. The van der Waals surface area contributed by atoms with Gasteiger partial charge in [-0.2, -0.15) is 0 Å². The second kappa shape index (κ2) is 8.37. The van der Waals surface area contributed by atoms with Crippen LogP contribution in [-0.2, 0) is 24.5 Å².